The number of ether oxygens (including phenoxy) is 1. The molecule has 0 radical (unpaired) electrons. The van der Waals surface area contributed by atoms with Crippen LogP contribution in [0.3, 0.4) is 0 Å². The normalized spacial score (nSPS) is 9.89. The topological polar surface area (TPSA) is 64.1 Å². The highest BCUT2D eigenvalue weighted by Crippen LogP contribution is 2.19. The number of carbonyl (C=O) groups is 1. The number of anilines is 1. The summed E-state index contributed by atoms with van der Waals surface area (Å²) < 4.78 is 18.1. The second-order valence-electron chi connectivity index (χ2n) is 3.37. The van der Waals surface area contributed by atoms with Gasteiger partial charge in [0.15, 0.2) is 0 Å². The third kappa shape index (κ3) is 2.60. The highest BCUT2D eigenvalue weighted by atomic mass is 19.1. The van der Waals surface area contributed by atoms with Crippen LogP contribution < -0.4 is 10.1 Å². The quantitative estimate of drug-likeness (QED) is 0.899. The van der Waals surface area contributed by atoms with Gasteiger partial charge in [0.05, 0.1) is 12.7 Å². The van der Waals surface area contributed by atoms with Crippen LogP contribution in [0.4, 0.5) is 10.3 Å². The van der Waals surface area contributed by atoms with Crippen LogP contribution in [-0.2, 0) is 0 Å². The second-order valence-corrected chi connectivity index (χ2v) is 3.37. The third-order valence-electron chi connectivity index (χ3n) is 2.20. The fourth-order valence-corrected chi connectivity index (χ4v) is 1.39. The van der Waals surface area contributed by atoms with Crippen molar-refractivity contribution in [1.29, 1.82) is 0 Å². The van der Waals surface area contributed by atoms with E-state index in [0.717, 1.165) is 6.07 Å². The van der Waals surface area contributed by atoms with Crippen molar-refractivity contribution in [2.75, 3.05) is 12.4 Å². The highest BCUT2D eigenvalue weighted by molar-refractivity contribution is 6.05. The van der Waals surface area contributed by atoms with Crippen molar-refractivity contribution < 1.29 is 13.9 Å². The van der Waals surface area contributed by atoms with Gasteiger partial charge in [-0.05, 0) is 24.3 Å². The Morgan fingerprint density at radius 3 is 2.72 bits per heavy atom. The maximum Gasteiger partial charge on any atom is 0.261 e. The van der Waals surface area contributed by atoms with Crippen LogP contribution in [0.2, 0.25) is 0 Å². The maximum atomic E-state index is 13.1. The zero-order valence-corrected chi connectivity index (χ0v) is 9.55. The van der Waals surface area contributed by atoms with E-state index in [1.807, 2.05) is 0 Å². The number of hydrogen-bond acceptors (Lipinski definition) is 4. The molecule has 0 saturated carbocycles. The highest BCUT2D eigenvalue weighted by Gasteiger charge is 2.14. The number of benzene rings is 1. The Kier molecular flexibility index (Phi) is 3.47. The van der Waals surface area contributed by atoms with Gasteiger partial charge < -0.3 is 4.74 Å². The number of amides is 1. The minimum Gasteiger partial charge on any atom is -0.496 e. The number of carbonyl (C=O) groups excluding carboxylic acids is 1. The molecule has 0 unspecified atom stereocenters. The Morgan fingerprint density at radius 1 is 1.33 bits per heavy atom. The first-order chi connectivity index (χ1) is 8.70. The molecule has 2 rings (SSSR count). The number of hydrogen-bond donors (Lipinski definition) is 1. The van der Waals surface area contributed by atoms with Crippen molar-refractivity contribution >= 4 is 11.9 Å². The zero-order valence-electron chi connectivity index (χ0n) is 9.55. The van der Waals surface area contributed by atoms with Crippen LogP contribution >= 0.6 is 0 Å². The third-order valence-corrected chi connectivity index (χ3v) is 2.20. The van der Waals surface area contributed by atoms with E-state index in [0.29, 0.717) is 0 Å². The maximum absolute atomic E-state index is 13.1. The van der Waals surface area contributed by atoms with Gasteiger partial charge in [-0.3, -0.25) is 10.1 Å². The summed E-state index contributed by atoms with van der Waals surface area (Å²) in [5.74, 6) is -0.619. The van der Waals surface area contributed by atoms with E-state index in [2.05, 4.69) is 15.3 Å². The fraction of sp³-hybridized carbons (Fsp3) is 0.0833. The molecule has 0 bridgehead atoms. The molecule has 0 atom stereocenters. The number of nitrogens with one attached hydrogen (secondary N) is 1. The Bertz CT molecular complexity index is 561. The molecule has 1 N–H and O–H groups in total. The Hall–Kier alpha value is -2.50. The predicted molar refractivity (Wildman–Crippen MR) is 62.9 cm³/mol. The Labute approximate surface area is 103 Å². The van der Waals surface area contributed by atoms with Crippen molar-refractivity contribution in [3.63, 3.8) is 0 Å². The van der Waals surface area contributed by atoms with E-state index in [4.69, 9.17) is 4.74 Å². The predicted octanol–water partition coefficient (Wildman–Crippen LogP) is 1.88. The van der Waals surface area contributed by atoms with Gasteiger partial charge in [0.1, 0.15) is 11.6 Å². The minimum atomic E-state index is -0.530. The molecule has 1 aromatic heterocycles. The van der Waals surface area contributed by atoms with Crippen LogP contribution in [0, 0.1) is 5.82 Å². The molecule has 1 amide bonds. The standard InChI is InChI=1S/C12H10FN3O2/c1-18-10-4-3-8(13)7-9(10)11(17)16-12-14-5-2-6-15-12/h2-7H,1H3,(H,14,15,16,17). The zero-order chi connectivity index (χ0) is 13.0. The molecule has 6 heteroatoms. The molecule has 0 saturated heterocycles. The largest absolute Gasteiger partial charge is 0.496 e. The molecule has 5 nitrogen and oxygen atoms in total. The molecule has 0 spiro atoms. The summed E-state index contributed by atoms with van der Waals surface area (Å²) in [5.41, 5.74) is 0.0879. The smallest absolute Gasteiger partial charge is 0.261 e. The molecular weight excluding hydrogens is 237 g/mol. The van der Waals surface area contributed by atoms with Gasteiger partial charge in [0.25, 0.3) is 5.91 Å². The molecule has 92 valence electrons. The molecule has 18 heavy (non-hydrogen) atoms. The number of aromatic nitrogens is 2. The molecule has 0 aliphatic heterocycles. The number of halogens is 1. The minimum absolute atomic E-state index is 0.0879. The van der Waals surface area contributed by atoms with E-state index < -0.39 is 11.7 Å². The summed E-state index contributed by atoms with van der Waals surface area (Å²) >= 11 is 0. The van der Waals surface area contributed by atoms with E-state index in [1.54, 1.807) is 6.07 Å². The van der Waals surface area contributed by atoms with Gasteiger partial charge in [-0.15, -0.1) is 0 Å². The first-order valence-electron chi connectivity index (χ1n) is 5.12. The molecular formula is C12H10FN3O2. The summed E-state index contributed by atoms with van der Waals surface area (Å²) in [5, 5.41) is 2.45. The van der Waals surface area contributed by atoms with Gasteiger partial charge in [-0.25, -0.2) is 14.4 Å². The van der Waals surface area contributed by atoms with Crippen molar-refractivity contribution in [2.24, 2.45) is 0 Å². The monoisotopic (exact) mass is 247 g/mol. The summed E-state index contributed by atoms with van der Waals surface area (Å²) in [6.45, 7) is 0. The Morgan fingerprint density at radius 2 is 2.06 bits per heavy atom. The average molecular weight is 247 g/mol. The van der Waals surface area contributed by atoms with Crippen LogP contribution in [0.15, 0.2) is 36.7 Å². The van der Waals surface area contributed by atoms with E-state index in [1.165, 1.54) is 31.6 Å². The van der Waals surface area contributed by atoms with Gasteiger partial charge in [-0.1, -0.05) is 0 Å². The van der Waals surface area contributed by atoms with Crippen molar-refractivity contribution in [3.05, 3.63) is 48.0 Å². The van der Waals surface area contributed by atoms with Crippen LogP contribution in [0.25, 0.3) is 0 Å². The van der Waals surface area contributed by atoms with Crippen molar-refractivity contribution in [3.8, 4) is 5.75 Å². The summed E-state index contributed by atoms with van der Waals surface area (Å²) in [6.07, 6.45) is 2.98. The lowest BCUT2D eigenvalue weighted by molar-refractivity contribution is 0.102. The van der Waals surface area contributed by atoms with Crippen LogP contribution in [0.1, 0.15) is 10.4 Å². The molecule has 2 aromatic rings. The molecule has 0 fully saturated rings. The summed E-state index contributed by atoms with van der Waals surface area (Å²) in [6, 6.07) is 5.32. The molecule has 1 heterocycles. The number of nitrogens with zero attached hydrogens (tertiary/aromatic N) is 2. The Balaban J connectivity index is 2.26. The average Bonchev–Trinajstić information content (AvgIpc) is 2.40. The lowest BCUT2D eigenvalue weighted by Crippen LogP contribution is -2.15. The van der Waals surface area contributed by atoms with E-state index in [-0.39, 0.29) is 17.3 Å². The van der Waals surface area contributed by atoms with E-state index in [9.17, 15) is 9.18 Å². The number of rotatable bonds is 3. The first-order valence-corrected chi connectivity index (χ1v) is 5.12. The van der Waals surface area contributed by atoms with Crippen molar-refractivity contribution in [2.45, 2.75) is 0 Å². The van der Waals surface area contributed by atoms with Gasteiger partial charge >= 0.3 is 0 Å². The number of methoxy groups -OCH3 is 1. The van der Waals surface area contributed by atoms with Gasteiger partial charge in [0.2, 0.25) is 5.95 Å². The van der Waals surface area contributed by atoms with Crippen LogP contribution in [0.5, 0.6) is 5.75 Å². The second kappa shape index (κ2) is 5.22. The molecule has 1 aromatic carbocycles. The van der Waals surface area contributed by atoms with Crippen LogP contribution in [-0.4, -0.2) is 23.0 Å². The molecule has 0 aliphatic rings. The fourth-order valence-electron chi connectivity index (χ4n) is 1.39. The lowest BCUT2D eigenvalue weighted by Gasteiger charge is -2.08. The summed E-state index contributed by atoms with van der Waals surface area (Å²) in [4.78, 5) is 19.6. The SMILES string of the molecule is COc1ccc(F)cc1C(=O)Nc1ncccn1. The first kappa shape index (κ1) is 12.0. The van der Waals surface area contributed by atoms with Crippen molar-refractivity contribution in [1.82, 2.24) is 9.97 Å². The molecule has 0 aliphatic carbocycles. The van der Waals surface area contributed by atoms with Gasteiger partial charge in [0, 0.05) is 12.4 Å². The lowest BCUT2D eigenvalue weighted by atomic mass is 10.2. The van der Waals surface area contributed by atoms with Gasteiger partial charge in [-0.2, -0.15) is 0 Å². The van der Waals surface area contributed by atoms with E-state index >= 15 is 0 Å². The summed E-state index contributed by atoms with van der Waals surface area (Å²) in [7, 11) is 1.41.